The van der Waals surface area contributed by atoms with Gasteiger partial charge in [0, 0.05) is 31.8 Å². The molecule has 0 saturated heterocycles. The Hall–Kier alpha value is -3.31. The van der Waals surface area contributed by atoms with E-state index in [4.69, 9.17) is 4.98 Å². The highest BCUT2D eigenvalue weighted by Gasteiger charge is 2.17. The van der Waals surface area contributed by atoms with Crippen molar-refractivity contribution in [3.63, 3.8) is 0 Å². The van der Waals surface area contributed by atoms with Crippen LogP contribution in [0.3, 0.4) is 0 Å². The molecule has 4 nitrogen and oxygen atoms in total. The first-order valence-electron chi connectivity index (χ1n) is 8.36. The van der Waals surface area contributed by atoms with Crippen molar-refractivity contribution in [3.8, 4) is 5.69 Å². The van der Waals surface area contributed by atoms with Gasteiger partial charge in [-0.25, -0.2) is 9.97 Å². The molecule has 0 saturated carbocycles. The lowest BCUT2D eigenvalue weighted by Gasteiger charge is -2.05. The number of aromatic nitrogens is 4. The van der Waals surface area contributed by atoms with Gasteiger partial charge in [-0.1, -0.05) is 24.3 Å². The van der Waals surface area contributed by atoms with Crippen LogP contribution in [0.4, 0.5) is 0 Å². The Morgan fingerprint density at radius 2 is 1.69 bits per heavy atom. The zero-order valence-corrected chi connectivity index (χ0v) is 14.4. The molecule has 6 rings (SSSR count). The highest BCUT2D eigenvalue weighted by atomic mass is 32.1. The Bertz CT molecular complexity index is 1430. The summed E-state index contributed by atoms with van der Waals surface area (Å²) in [7, 11) is 0. The van der Waals surface area contributed by atoms with Crippen molar-refractivity contribution in [1.82, 2.24) is 19.5 Å². The van der Waals surface area contributed by atoms with Crippen molar-refractivity contribution in [2.45, 2.75) is 0 Å². The summed E-state index contributed by atoms with van der Waals surface area (Å²) in [6.45, 7) is 0. The van der Waals surface area contributed by atoms with E-state index < -0.39 is 0 Å². The predicted octanol–water partition coefficient (Wildman–Crippen LogP) is 5.34. The average Bonchev–Trinajstić information content (AvgIpc) is 3.24. The molecule has 5 heteroatoms. The zero-order valence-electron chi connectivity index (χ0n) is 13.6. The normalized spacial score (nSPS) is 11.8. The molecule has 0 bridgehead atoms. The summed E-state index contributed by atoms with van der Waals surface area (Å²) in [4.78, 5) is 13.1. The van der Waals surface area contributed by atoms with Gasteiger partial charge in [-0.3, -0.25) is 4.98 Å². The number of fused-ring (bicyclic) bond motifs is 7. The minimum atomic E-state index is 0.945. The fourth-order valence-corrected chi connectivity index (χ4v) is 5.02. The molecule has 4 heterocycles. The Balaban J connectivity index is 1.89. The van der Waals surface area contributed by atoms with E-state index in [1.807, 2.05) is 36.0 Å². The molecule has 0 N–H and O–H groups in total. The van der Waals surface area contributed by atoms with Gasteiger partial charge in [-0.2, -0.15) is 0 Å². The Kier molecular flexibility index (Phi) is 2.73. The van der Waals surface area contributed by atoms with Crippen LogP contribution < -0.4 is 0 Å². The molecular weight excluding hydrogens is 340 g/mol. The predicted molar refractivity (Wildman–Crippen MR) is 107 cm³/mol. The standard InChI is InChI=1S/C21H12N4S/c1-2-6-18-14(4-1)15-7-8-16-19(21(15)26-18)20-17(5-3-9-24-20)25(16)13-10-22-12-23-11-13/h1-12H. The maximum Gasteiger partial charge on any atom is 0.115 e. The van der Waals surface area contributed by atoms with Crippen molar-refractivity contribution in [2.24, 2.45) is 0 Å². The Morgan fingerprint density at radius 3 is 2.62 bits per heavy atom. The molecule has 0 atom stereocenters. The third kappa shape index (κ3) is 1.75. The smallest absolute Gasteiger partial charge is 0.115 e. The summed E-state index contributed by atoms with van der Waals surface area (Å²) in [5.74, 6) is 0. The van der Waals surface area contributed by atoms with Crippen LogP contribution >= 0.6 is 11.3 Å². The second-order valence-electron chi connectivity index (χ2n) is 6.24. The molecule has 0 aliphatic rings. The van der Waals surface area contributed by atoms with E-state index >= 15 is 0 Å². The van der Waals surface area contributed by atoms with Gasteiger partial charge in [0.2, 0.25) is 0 Å². The number of pyridine rings is 1. The van der Waals surface area contributed by atoms with Crippen LogP contribution in [-0.2, 0) is 0 Å². The van der Waals surface area contributed by atoms with E-state index in [2.05, 4.69) is 57.0 Å². The monoisotopic (exact) mass is 352 g/mol. The molecule has 0 unspecified atom stereocenters. The van der Waals surface area contributed by atoms with E-state index in [1.54, 1.807) is 6.33 Å². The van der Waals surface area contributed by atoms with Gasteiger partial charge in [-0.05, 0) is 24.3 Å². The molecule has 2 aromatic carbocycles. The van der Waals surface area contributed by atoms with Crippen LogP contribution in [0, 0.1) is 0 Å². The van der Waals surface area contributed by atoms with Crippen molar-refractivity contribution in [1.29, 1.82) is 0 Å². The third-order valence-corrected chi connectivity index (χ3v) is 6.04. The van der Waals surface area contributed by atoms with Crippen LogP contribution in [0.15, 0.2) is 73.4 Å². The maximum atomic E-state index is 4.72. The lowest BCUT2D eigenvalue weighted by atomic mass is 10.1. The fourth-order valence-electron chi connectivity index (χ4n) is 3.78. The van der Waals surface area contributed by atoms with Crippen molar-refractivity contribution < 1.29 is 0 Å². The van der Waals surface area contributed by atoms with Gasteiger partial charge in [0.1, 0.15) is 6.33 Å². The molecule has 0 spiro atoms. The summed E-state index contributed by atoms with van der Waals surface area (Å²) < 4.78 is 4.78. The number of rotatable bonds is 1. The average molecular weight is 352 g/mol. The molecular formula is C21H12N4S. The number of benzene rings is 2. The first-order chi connectivity index (χ1) is 12.9. The number of hydrogen-bond acceptors (Lipinski definition) is 4. The van der Waals surface area contributed by atoms with Gasteiger partial charge >= 0.3 is 0 Å². The van der Waals surface area contributed by atoms with Crippen LogP contribution in [-0.4, -0.2) is 19.5 Å². The van der Waals surface area contributed by atoms with Crippen LogP contribution in [0.5, 0.6) is 0 Å². The van der Waals surface area contributed by atoms with E-state index in [0.717, 1.165) is 22.2 Å². The van der Waals surface area contributed by atoms with Crippen molar-refractivity contribution >= 4 is 53.4 Å². The van der Waals surface area contributed by atoms with Gasteiger partial charge in [0.05, 0.1) is 34.6 Å². The van der Waals surface area contributed by atoms with E-state index in [-0.39, 0.29) is 0 Å². The topological polar surface area (TPSA) is 43.6 Å². The quantitative estimate of drug-likeness (QED) is 0.401. The van der Waals surface area contributed by atoms with Gasteiger partial charge in [-0.15, -0.1) is 11.3 Å². The fraction of sp³-hybridized carbons (Fsp3) is 0. The van der Waals surface area contributed by atoms with Gasteiger partial charge < -0.3 is 4.57 Å². The first kappa shape index (κ1) is 13.9. The molecule has 0 radical (unpaired) electrons. The van der Waals surface area contributed by atoms with E-state index in [1.165, 1.54) is 25.6 Å². The van der Waals surface area contributed by atoms with Crippen LogP contribution in [0.2, 0.25) is 0 Å². The highest BCUT2D eigenvalue weighted by molar-refractivity contribution is 7.26. The molecule has 4 aromatic heterocycles. The molecule has 0 aliphatic heterocycles. The lowest BCUT2D eigenvalue weighted by molar-refractivity contribution is 1.07. The van der Waals surface area contributed by atoms with Crippen LogP contribution in [0.25, 0.3) is 47.8 Å². The maximum absolute atomic E-state index is 4.72. The number of hydrogen-bond donors (Lipinski definition) is 0. The Labute approximate surface area is 152 Å². The van der Waals surface area contributed by atoms with Gasteiger partial charge in [0.25, 0.3) is 0 Å². The molecule has 122 valence electrons. The summed E-state index contributed by atoms with van der Waals surface area (Å²) in [5, 5.41) is 3.78. The molecule has 6 aromatic rings. The van der Waals surface area contributed by atoms with Gasteiger partial charge in [0.15, 0.2) is 0 Å². The lowest BCUT2D eigenvalue weighted by Crippen LogP contribution is -1.95. The molecule has 0 fully saturated rings. The second-order valence-corrected chi connectivity index (χ2v) is 7.29. The minimum Gasteiger partial charge on any atom is -0.305 e. The second kappa shape index (κ2) is 5.09. The minimum absolute atomic E-state index is 0.945. The molecule has 26 heavy (non-hydrogen) atoms. The van der Waals surface area contributed by atoms with Crippen molar-refractivity contribution in [3.05, 3.63) is 73.4 Å². The van der Waals surface area contributed by atoms with Crippen molar-refractivity contribution in [2.75, 3.05) is 0 Å². The highest BCUT2D eigenvalue weighted by Crippen LogP contribution is 2.42. The summed E-state index contributed by atoms with van der Waals surface area (Å²) >= 11 is 1.83. The molecule has 0 aliphatic carbocycles. The molecule has 0 amide bonds. The Morgan fingerprint density at radius 1 is 0.808 bits per heavy atom. The third-order valence-electron chi connectivity index (χ3n) is 4.84. The zero-order chi connectivity index (χ0) is 17.1. The first-order valence-corrected chi connectivity index (χ1v) is 9.18. The summed E-state index contributed by atoms with van der Waals surface area (Å²) in [6.07, 6.45) is 7.10. The van der Waals surface area contributed by atoms with E-state index in [0.29, 0.717) is 0 Å². The SMILES string of the molecule is c1ccc2c(c1)sc1c2ccc2c1c1ncccc1n2-c1cncnc1. The largest absolute Gasteiger partial charge is 0.305 e. The van der Waals surface area contributed by atoms with E-state index in [9.17, 15) is 0 Å². The number of nitrogens with zero attached hydrogens (tertiary/aromatic N) is 4. The summed E-state index contributed by atoms with van der Waals surface area (Å²) in [5.41, 5.74) is 4.17. The number of thiophene rings is 1. The summed E-state index contributed by atoms with van der Waals surface area (Å²) in [6, 6.07) is 17.1. The van der Waals surface area contributed by atoms with Crippen LogP contribution in [0.1, 0.15) is 0 Å².